The zero-order valence-corrected chi connectivity index (χ0v) is 17.8. The number of nitrogens with zero attached hydrogens (tertiary/aromatic N) is 2. The van der Waals surface area contributed by atoms with E-state index in [1.165, 1.54) is 28.6 Å². The minimum atomic E-state index is -3.93. The van der Waals surface area contributed by atoms with Crippen molar-refractivity contribution < 1.29 is 26.7 Å². The van der Waals surface area contributed by atoms with Gasteiger partial charge in [-0.15, -0.1) is 0 Å². The molecule has 0 atom stereocenters. The average molecular weight is 454 g/mol. The van der Waals surface area contributed by atoms with Crippen LogP contribution in [0.15, 0.2) is 59.5 Å². The zero-order chi connectivity index (χ0) is 21.8. The lowest BCUT2D eigenvalue weighted by Gasteiger charge is -2.35. The van der Waals surface area contributed by atoms with Gasteiger partial charge < -0.3 is 10.0 Å². The van der Waals surface area contributed by atoms with Gasteiger partial charge in [0.25, 0.3) is 0 Å². The van der Waals surface area contributed by atoms with Crippen molar-refractivity contribution in [3.05, 3.63) is 60.2 Å². The molecule has 0 unspecified atom stereocenters. The summed E-state index contributed by atoms with van der Waals surface area (Å²) in [5.41, 5.74) is 1.00. The molecule has 30 heavy (non-hydrogen) atoms. The standard InChI is InChI=1S/C19H23N3O6S2/c23-19(24)16-6-8-18(9-7-16)30(27,28)20-10-15-29(25,26)22-13-11-21(12-14-22)17-4-2-1-3-5-17/h1-9,20H,10-15H2,(H,23,24). The summed E-state index contributed by atoms with van der Waals surface area (Å²) in [6.07, 6.45) is 0. The first-order chi connectivity index (χ1) is 14.2. The summed E-state index contributed by atoms with van der Waals surface area (Å²) >= 11 is 0. The summed E-state index contributed by atoms with van der Waals surface area (Å²) in [6, 6.07) is 14.4. The van der Waals surface area contributed by atoms with Crippen molar-refractivity contribution in [2.45, 2.75) is 4.90 Å². The van der Waals surface area contributed by atoms with Crippen LogP contribution in [0.3, 0.4) is 0 Å². The molecular formula is C19H23N3O6S2. The van der Waals surface area contributed by atoms with Gasteiger partial charge in [-0.2, -0.15) is 4.31 Å². The van der Waals surface area contributed by atoms with Gasteiger partial charge in [0.05, 0.1) is 16.2 Å². The SMILES string of the molecule is O=C(O)c1ccc(S(=O)(=O)NCCS(=O)(=O)N2CCN(c3ccccc3)CC2)cc1. The van der Waals surface area contributed by atoms with Gasteiger partial charge in [-0.25, -0.2) is 26.4 Å². The molecule has 2 aromatic carbocycles. The van der Waals surface area contributed by atoms with E-state index >= 15 is 0 Å². The smallest absolute Gasteiger partial charge is 0.335 e. The number of hydrogen-bond acceptors (Lipinski definition) is 6. The third-order valence-electron chi connectivity index (χ3n) is 4.82. The van der Waals surface area contributed by atoms with Crippen molar-refractivity contribution in [1.82, 2.24) is 9.03 Å². The van der Waals surface area contributed by atoms with Gasteiger partial charge in [0.15, 0.2) is 0 Å². The number of carboxylic acid groups (broad SMARTS) is 1. The first-order valence-electron chi connectivity index (χ1n) is 9.30. The highest BCUT2D eigenvalue weighted by Crippen LogP contribution is 2.17. The number of benzene rings is 2. The highest BCUT2D eigenvalue weighted by Gasteiger charge is 2.27. The molecule has 1 heterocycles. The molecule has 0 spiro atoms. The predicted molar refractivity (Wildman–Crippen MR) is 113 cm³/mol. The predicted octanol–water partition coefficient (Wildman–Crippen LogP) is 0.815. The van der Waals surface area contributed by atoms with E-state index in [9.17, 15) is 21.6 Å². The molecule has 1 aliphatic heterocycles. The van der Waals surface area contributed by atoms with Crippen LogP contribution in [-0.2, 0) is 20.0 Å². The van der Waals surface area contributed by atoms with Gasteiger partial charge in [-0.3, -0.25) is 0 Å². The molecule has 0 bridgehead atoms. The fourth-order valence-electron chi connectivity index (χ4n) is 3.16. The topological polar surface area (TPSA) is 124 Å². The van der Waals surface area contributed by atoms with Crippen LogP contribution >= 0.6 is 0 Å². The fourth-order valence-corrected chi connectivity index (χ4v) is 5.66. The van der Waals surface area contributed by atoms with Gasteiger partial charge in [0.2, 0.25) is 20.0 Å². The van der Waals surface area contributed by atoms with Crippen molar-refractivity contribution >= 4 is 31.7 Å². The number of nitrogens with one attached hydrogen (secondary N) is 1. The molecule has 3 rings (SSSR count). The molecule has 1 fully saturated rings. The van der Waals surface area contributed by atoms with Crippen LogP contribution in [0.25, 0.3) is 0 Å². The minimum Gasteiger partial charge on any atom is -0.478 e. The second-order valence-corrected chi connectivity index (χ2v) is 10.6. The summed E-state index contributed by atoms with van der Waals surface area (Å²) < 4.78 is 53.4. The maximum Gasteiger partial charge on any atom is 0.335 e. The highest BCUT2D eigenvalue weighted by molar-refractivity contribution is 7.90. The van der Waals surface area contributed by atoms with E-state index in [1.807, 2.05) is 30.3 Å². The summed E-state index contributed by atoms with van der Waals surface area (Å²) in [6.45, 7) is 1.52. The molecule has 0 aliphatic carbocycles. The average Bonchev–Trinajstić information content (AvgIpc) is 2.74. The lowest BCUT2D eigenvalue weighted by Crippen LogP contribution is -2.50. The Morgan fingerprint density at radius 1 is 0.900 bits per heavy atom. The Labute approximate surface area is 176 Å². The van der Waals surface area contributed by atoms with Gasteiger partial charge in [-0.1, -0.05) is 18.2 Å². The number of piperazine rings is 1. The first kappa shape index (κ1) is 22.2. The van der Waals surface area contributed by atoms with Crippen molar-refractivity contribution in [2.24, 2.45) is 0 Å². The molecule has 11 heteroatoms. The third-order valence-corrected chi connectivity index (χ3v) is 8.17. The summed E-state index contributed by atoms with van der Waals surface area (Å²) in [5, 5.41) is 8.88. The van der Waals surface area contributed by atoms with E-state index in [0.29, 0.717) is 26.2 Å². The maximum absolute atomic E-state index is 12.6. The van der Waals surface area contributed by atoms with E-state index in [0.717, 1.165) is 5.69 Å². The Morgan fingerprint density at radius 2 is 1.50 bits per heavy atom. The lowest BCUT2D eigenvalue weighted by molar-refractivity contribution is 0.0696. The van der Waals surface area contributed by atoms with Gasteiger partial charge in [-0.05, 0) is 36.4 Å². The van der Waals surface area contributed by atoms with Crippen LogP contribution < -0.4 is 9.62 Å². The largest absolute Gasteiger partial charge is 0.478 e. The molecule has 2 N–H and O–H groups in total. The Morgan fingerprint density at radius 3 is 2.07 bits per heavy atom. The quantitative estimate of drug-likeness (QED) is 0.606. The number of carboxylic acids is 1. The zero-order valence-electron chi connectivity index (χ0n) is 16.1. The van der Waals surface area contributed by atoms with Crippen LogP contribution in [0.1, 0.15) is 10.4 Å². The van der Waals surface area contributed by atoms with Crippen molar-refractivity contribution in [3.63, 3.8) is 0 Å². The molecule has 0 aromatic heterocycles. The van der Waals surface area contributed by atoms with Gasteiger partial charge >= 0.3 is 5.97 Å². The Balaban J connectivity index is 1.53. The first-order valence-corrected chi connectivity index (χ1v) is 12.4. The van der Waals surface area contributed by atoms with Crippen molar-refractivity contribution in [2.75, 3.05) is 43.4 Å². The van der Waals surface area contributed by atoms with Crippen LogP contribution in [0.2, 0.25) is 0 Å². The Hall–Kier alpha value is -2.47. The van der Waals surface area contributed by atoms with Gasteiger partial charge in [0.1, 0.15) is 0 Å². The highest BCUT2D eigenvalue weighted by atomic mass is 32.2. The molecular weight excluding hydrogens is 430 g/mol. The Kier molecular flexibility index (Phi) is 6.76. The molecule has 9 nitrogen and oxygen atoms in total. The molecule has 1 aliphatic rings. The van der Waals surface area contributed by atoms with E-state index in [1.54, 1.807) is 0 Å². The molecule has 2 aromatic rings. The summed E-state index contributed by atoms with van der Waals surface area (Å²) in [7, 11) is -7.54. The lowest BCUT2D eigenvalue weighted by atomic mass is 10.2. The number of hydrogen-bond donors (Lipinski definition) is 2. The van der Waals surface area contributed by atoms with E-state index in [-0.39, 0.29) is 22.8 Å². The normalized spacial score (nSPS) is 15.8. The molecule has 162 valence electrons. The molecule has 0 radical (unpaired) electrons. The monoisotopic (exact) mass is 453 g/mol. The summed E-state index contributed by atoms with van der Waals surface area (Å²) in [5.74, 6) is -1.52. The molecule has 0 amide bonds. The number of carbonyl (C=O) groups is 1. The van der Waals surface area contributed by atoms with E-state index in [4.69, 9.17) is 5.11 Å². The van der Waals surface area contributed by atoms with Crippen LogP contribution in [-0.4, -0.2) is 70.7 Å². The van der Waals surface area contributed by atoms with Crippen LogP contribution in [0.4, 0.5) is 5.69 Å². The fraction of sp³-hybridized carbons (Fsp3) is 0.316. The second kappa shape index (κ2) is 9.13. The third kappa shape index (κ3) is 5.36. The second-order valence-electron chi connectivity index (χ2n) is 6.76. The number of sulfonamides is 2. The summed E-state index contributed by atoms with van der Waals surface area (Å²) in [4.78, 5) is 12.8. The maximum atomic E-state index is 12.6. The molecule has 1 saturated heterocycles. The minimum absolute atomic E-state index is 0.0360. The van der Waals surface area contributed by atoms with Gasteiger partial charge in [0, 0.05) is 38.4 Å². The van der Waals surface area contributed by atoms with E-state index in [2.05, 4.69) is 9.62 Å². The Bertz CT molecular complexity index is 1080. The van der Waals surface area contributed by atoms with Crippen LogP contribution in [0.5, 0.6) is 0 Å². The van der Waals surface area contributed by atoms with Crippen LogP contribution in [0, 0.1) is 0 Å². The van der Waals surface area contributed by atoms with Crippen molar-refractivity contribution in [1.29, 1.82) is 0 Å². The van der Waals surface area contributed by atoms with Crippen molar-refractivity contribution in [3.8, 4) is 0 Å². The van der Waals surface area contributed by atoms with E-state index < -0.39 is 26.0 Å². The number of rotatable bonds is 8. The number of para-hydroxylation sites is 1. The molecule has 0 saturated carbocycles. The number of anilines is 1. The number of aromatic carboxylic acids is 1.